The number of alkyl halides is 3. The van der Waals surface area contributed by atoms with Crippen LogP contribution in [0, 0.1) is 0 Å². The molecule has 38 heavy (non-hydrogen) atoms. The predicted octanol–water partition coefficient (Wildman–Crippen LogP) is 2.94. The van der Waals surface area contributed by atoms with Crippen molar-refractivity contribution in [2.24, 2.45) is 10.7 Å². The van der Waals surface area contributed by atoms with Crippen LogP contribution < -0.4 is 30.6 Å². The molecule has 0 bridgehead atoms. The maximum atomic E-state index is 13.4. The van der Waals surface area contributed by atoms with E-state index in [1.165, 1.54) is 26.4 Å². The zero-order valence-electron chi connectivity index (χ0n) is 20.7. The second-order valence-electron chi connectivity index (χ2n) is 8.25. The molecule has 1 atom stereocenters. The average Bonchev–Trinajstić information content (AvgIpc) is 3.50. The Morgan fingerprint density at radius 2 is 1.97 bits per heavy atom. The topological polar surface area (TPSA) is 150 Å². The van der Waals surface area contributed by atoms with E-state index in [1.807, 2.05) is 0 Å². The fraction of sp³-hybridized carbons (Fsp3) is 0.333. The molecule has 1 aromatic carbocycles. The Labute approximate surface area is 215 Å². The molecular formula is C24H26F3N5O6. The molecule has 14 heteroatoms. The molecule has 11 nitrogen and oxygen atoms in total. The number of hydrogen-bond donors (Lipinski definition) is 3. The minimum Gasteiger partial charge on any atom is -0.497 e. The summed E-state index contributed by atoms with van der Waals surface area (Å²) >= 11 is 0. The van der Waals surface area contributed by atoms with E-state index in [4.69, 9.17) is 24.5 Å². The van der Waals surface area contributed by atoms with Gasteiger partial charge in [-0.05, 0) is 43.1 Å². The summed E-state index contributed by atoms with van der Waals surface area (Å²) in [7, 11) is 2.61. The van der Waals surface area contributed by atoms with E-state index in [0.717, 1.165) is 24.5 Å². The molecule has 1 saturated carbocycles. The van der Waals surface area contributed by atoms with Gasteiger partial charge in [0, 0.05) is 6.20 Å². The molecule has 2 amide bonds. The lowest BCUT2D eigenvalue weighted by Crippen LogP contribution is -2.51. The van der Waals surface area contributed by atoms with Crippen LogP contribution in [0.5, 0.6) is 17.4 Å². The van der Waals surface area contributed by atoms with Gasteiger partial charge in [0.25, 0.3) is 11.8 Å². The van der Waals surface area contributed by atoms with Crippen molar-refractivity contribution < 1.29 is 41.5 Å². The molecule has 0 spiro atoms. The van der Waals surface area contributed by atoms with Gasteiger partial charge in [0.2, 0.25) is 11.7 Å². The van der Waals surface area contributed by atoms with Crippen LogP contribution in [-0.4, -0.2) is 49.0 Å². The molecule has 204 valence electrons. The number of amides is 2. The number of benzene rings is 1. The highest BCUT2D eigenvalue weighted by atomic mass is 19.4. The van der Waals surface area contributed by atoms with Crippen molar-refractivity contribution in [1.82, 2.24) is 15.8 Å². The Morgan fingerprint density at radius 3 is 2.53 bits per heavy atom. The van der Waals surface area contributed by atoms with E-state index in [-0.39, 0.29) is 28.8 Å². The third kappa shape index (κ3) is 6.63. The van der Waals surface area contributed by atoms with Crippen molar-refractivity contribution in [3.63, 3.8) is 0 Å². The van der Waals surface area contributed by atoms with Crippen LogP contribution in [-0.2, 0) is 11.0 Å². The van der Waals surface area contributed by atoms with E-state index >= 15 is 0 Å². The second-order valence-corrected chi connectivity index (χ2v) is 8.25. The lowest BCUT2D eigenvalue weighted by molar-refractivity contribution is -0.138. The SMILES string of the molecule is C=C(N=C/C(=C\N)Oc1ccc(OC)cc1C(F)(F)F)C(C)NC(=O)C1(NC(=O)c2cc(OC)no2)CC1. The molecular weight excluding hydrogens is 511 g/mol. The molecule has 1 aliphatic rings. The summed E-state index contributed by atoms with van der Waals surface area (Å²) in [4.78, 5) is 29.3. The van der Waals surface area contributed by atoms with Gasteiger partial charge >= 0.3 is 6.18 Å². The van der Waals surface area contributed by atoms with Crippen molar-refractivity contribution in [2.75, 3.05) is 14.2 Å². The number of rotatable bonds is 11. The first kappa shape index (κ1) is 28.1. The van der Waals surface area contributed by atoms with E-state index in [9.17, 15) is 22.8 Å². The summed E-state index contributed by atoms with van der Waals surface area (Å²) in [6, 6.07) is 3.77. The quantitative estimate of drug-likeness (QED) is 0.293. The highest BCUT2D eigenvalue weighted by molar-refractivity contribution is 5.99. The van der Waals surface area contributed by atoms with Gasteiger partial charge in [0.15, 0.2) is 5.76 Å². The van der Waals surface area contributed by atoms with Gasteiger partial charge in [-0.1, -0.05) is 6.58 Å². The van der Waals surface area contributed by atoms with E-state index in [0.29, 0.717) is 12.8 Å². The monoisotopic (exact) mass is 537 g/mol. The number of allylic oxidation sites excluding steroid dienone is 1. The van der Waals surface area contributed by atoms with Gasteiger partial charge < -0.3 is 35.1 Å². The van der Waals surface area contributed by atoms with Crippen molar-refractivity contribution in [1.29, 1.82) is 0 Å². The number of nitrogens with zero attached hydrogens (tertiary/aromatic N) is 2. The summed E-state index contributed by atoms with van der Waals surface area (Å²) in [5.74, 6) is -1.82. The summed E-state index contributed by atoms with van der Waals surface area (Å²) in [5.41, 5.74) is 3.45. The van der Waals surface area contributed by atoms with Gasteiger partial charge in [-0.2, -0.15) is 13.2 Å². The second kappa shape index (κ2) is 11.3. The first-order valence-electron chi connectivity index (χ1n) is 11.1. The van der Waals surface area contributed by atoms with Crippen LogP contribution in [0.25, 0.3) is 0 Å². The van der Waals surface area contributed by atoms with Crippen LogP contribution in [0.15, 0.2) is 58.0 Å². The molecule has 2 aromatic rings. The number of nitrogens with one attached hydrogen (secondary N) is 2. The maximum absolute atomic E-state index is 13.4. The summed E-state index contributed by atoms with van der Waals surface area (Å²) < 4.78 is 60.2. The number of halogens is 3. The number of methoxy groups -OCH3 is 2. The zero-order chi connectivity index (χ0) is 28.1. The number of ether oxygens (including phenoxy) is 3. The van der Waals surface area contributed by atoms with Gasteiger partial charge in [-0.25, -0.2) is 0 Å². The molecule has 1 fully saturated rings. The van der Waals surface area contributed by atoms with Gasteiger partial charge in [0.05, 0.1) is 38.2 Å². The molecule has 3 rings (SSSR count). The van der Waals surface area contributed by atoms with Gasteiger partial charge in [0.1, 0.15) is 22.6 Å². The van der Waals surface area contributed by atoms with Crippen LogP contribution in [0.1, 0.15) is 35.9 Å². The molecule has 1 heterocycles. The van der Waals surface area contributed by atoms with Crippen LogP contribution in [0.3, 0.4) is 0 Å². The predicted molar refractivity (Wildman–Crippen MR) is 129 cm³/mol. The van der Waals surface area contributed by atoms with Gasteiger partial charge in [-0.15, -0.1) is 0 Å². The third-order valence-corrected chi connectivity index (χ3v) is 5.55. The van der Waals surface area contributed by atoms with Crippen LogP contribution >= 0.6 is 0 Å². The smallest absolute Gasteiger partial charge is 0.420 e. The van der Waals surface area contributed by atoms with Crippen LogP contribution in [0.4, 0.5) is 13.2 Å². The molecule has 1 aromatic heterocycles. The Balaban J connectivity index is 1.61. The molecule has 0 saturated heterocycles. The Morgan fingerprint density at radius 1 is 1.26 bits per heavy atom. The van der Waals surface area contributed by atoms with Crippen molar-refractivity contribution in [3.05, 3.63) is 59.8 Å². The number of nitrogens with two attached hydrogens (primary N) is 1. The Hall–Kier alpha value is -4.49. The van der Waals surface area contributed by atoms with Crippen molar-refractivity contribution >= 4 is 18.0 Å². The normalized spacial score (nSPS) is 15.5. The van der Waals surface area contributed by atoms with Gasteiger partial charge in [-0.3, -0.25) is 14.6 Å². The van der Waals surface area contributed by atoms with E-state index in [2.05, 4.69) is 27.4 Å². The first-order valence-corrected chi connectivity index (χ1v) is 11.1. The minimum atomic E-state index is -4.71. The summed E-state index contributed by atoms with van der Waals surface area (Å²) in [5, 5.41) is 8.86. The lowest BCUT2D eigenvalue weighted by atomic mass is 10.2. The molecule has 1 unspecified atom stereocenters. The standard InChI is InChI=1S/C24H26F3N5O6/c1-13(29-12-16(11-28)37-18-6-5-15(35-3)9-17(18)24(25,26)27)14(2)30-22(34)23(7-8-23)31-21(33)19-10-20(36-4)32-38-19/h5-6,9-12,14H,1,7-8,28H2,2-4H3,(H,30,34)(H,31,33)/b16-11+,29-12?. The molecule has 1 aliphatic carbocycles. The summed E-state index contributed by atoms with van der Waals surface area (Å²) in [6.45, 7) is 5.36. The highest BCUT2D eigenvalue weighted by Gasteiger charge is 2.52. The molecule has 0 radical (unpaired) electrons. The van der Waals surface area contributed by atoms with Crippen LogP contribution in [0.2, 0.25) is 0 Å². The first-order chi connectivity index (χ1) is 17.9. The number of hydrogen-bond acceptors (Lipinski definition) is 9. The van der Waals surface area contributed by atoms with E-state index < -0.39 is 40.9 Å². The van der Waals surface area contributed by atoms with Crippen molar-refractivity contribution in [2.45, 2.75) is 37.5 Å². The number of carbonyl (C=O) groups is 2. The van der Waals surface area contributed by atoms with Crippen molar-refractivity contribution in [3.8, 4) is 17.4 Å². The fourth-order valence-corrected chi connectivity index (χ4v) is 3.13. The van der Waals surface area contributed by atoms with E-state index in [1.54, 1.807) is 6.92 Å². The highest BCUT2D eigenvalue weighted by Crippen LogP contribution is 2.39. The minimum absolute atomic E-state index is 0.000239. The summed E-state index contributed by atoms with van der Waals surface area (Å²) in [6.07, 6.45) is -1.92. The maximum Gasteiger partial charge on any atom is 0.420 e. The Kier molecular flexibility index (Phi) is 8.33. The molecule has 0 aliphatic heterocycles. The lowest BCUT2D eigenvalue weighted by Gasteiger charge is -2.20. The average molecular weight is 537 g/mol. The third-order valence-electron chi connectivity index (χ3n) is 5.55. The number of carbonyl (C=O) groups excluding carboxylic acids is 2. The molecule has 4 N–H and O–H groups in total. The largest absolute Gasteiger partial charge is 0.497 e. The zero-order valence-corrected chi connectivity index (χ0v) is 20.7. The number of aliphatic imine (C=N–C) groups is 1. The number of aromatic nitrogens is 1. The Bertz CT molecular complexity index is 1270. The fourth-order valence-electron chi connectivity index (χ4n) is 3.13.